The zero-order valence-electron chi connectivity index (χ0n) is 19.6. The van der Waals surface area contributed by atoms with E-state index in [9.17, 15) is 4.79 Å². The standard InChI is InChI=1S/C26H27N3O4S/c1-17-6-5-7-18(12-17)15-29-11-9-20-21(29)8-10-27-26(20)34-16-24(30)28-19-13-22(31-2)25(33-4)23(14-19)32-3/h5-14H,15-16H2,1-4H3,(H,28,30). The molecule has 176 valence electrons. The fourth-order valence-electron chi connectivity index (χ4n) is 3.84. The first-order valence-electron chi connectivity index (χ1n) is 10.7. The lowest BCUT2D eigenvalue weighted by atomic mass is 10.1. The second-order valence-corrected chi connectivity index (χ2v) is 8.70. The average molecular weight is 478 g/mol. The van der Waals surface area contributed by atoms with Gasteiger partial charge in [-0.15, -0.1) is 0 Å². The number of carbonyl (C=O) groups is 1. The molecule has 0 fully saturated rings. The number of nitrogens with zero attached hydrogens (tertiary/aromatic N) is 2. The Balaban J connectivity index is 1.46. The lowest BCUT2D eigenvalue weighted by Crippen LogP contribution is -2.14. The van der Waals surface area contributed by atoms with Gasteiger partial charge >= 0.3 is 0 Å². The molecule has 0 aliphatic carbocycles. The fourth-order valence-corrected chi connectivity index (χ4v) is 4.64. The predicted molar refractivity (Wildman–Crippen MR) is 135 cm³/mol. The smallest absolute Gasteiger partial charge is 0.234 e. The lowest BCUT2D eigenvalue weighted by Gasteiger charge is -2.14. The number of methoxy groups -OCH3 is 3. The van der Waals surface area contributed by atoms with E-state index in [1.54, 1.807) is 18.3 Å². The Morgan fingerprint density at radius 3 is 2.47 bits per heavy atom. The summed E-state index contributed by atoms with van der Waals surface area (Å²) in [6, 6.07) is 16.0. The average Bonchev–Trinajstić information content (AvgIpc) is 3.25. The molecular formula is C26H27N3O4S. The highest BCUT2D eigenvalue weighted by Crippen LogP contribution is 2.40. The number of thioether (sulfide) groups is 1. The van der Waals surface area contributed by atoms with Crippen LogP contribution in [-0.2, 0) is 11.3 Å². The summed E-state index contributed by atoms with van der Waals surface area (Å²) in [6.07, 6.45) is 3.85. The molecule has 0 spiro atoms. The number of pyridine rings is 1. The van der Waals surface area contributed by atoms with Gasteiger partial charge in [-0.2, -0.15) is 0 Å². The van der Waals surface area contributed by atoms with E-state index < -0.39 is 0 Å². The zero-order chi connectivity index (χ0) is 24.1. The number of nitrogens with one attached hydrogen (secondary N) is 1. The Bertz CT molecular complexity index is 1290. The summed E-state index contributed by atoms with van der Waals surface area (Å²) in [5, 5.41) is 4.74. The molecule has 0 saturated heterocycles. The molecule has 2 aromatic heterocycles. The van der Waals surface area contributed by atoms with Crippen molar-refractivity contribution in [1.29, 1.82) is 0 Å². The van der Waals surface area contributed by atoms with Gasteiger partial charge in [-0.1, -0.05) is 41.6 Å². The van der Waals surface area contributed by atoms with Crippen molar-refractivity contribution in [2.45, 2.75) is 18.5 Å². The number of aryl methyl sites for hydroxylation is 1. The molecule has 7 nitrogen and oxygen atoms in total. The van der Waals surface area contributed by atoms with Gasteiger partial charge in [-0.25, -0.2) is 4.98 Å². The summed E-state index contributed by atoms with van der Waals surface area (Å²) in [5.74, 6) is 1.49. The van der Waals surface area contributed by atoms with E-state index in [0.29, 0.717) is 22.9 Å². The summed E-state index contributed by atoms with van der Waals surface area (Å²) in [4.78, 5) is 17.2. The van der Waals surface area contributed by atoms with E-state index in [2.05, 4.69) is 58.3 Å². The Labute approximate surface area is 203 Å². The molecule has 0 saturated carbocycles. The van der Waals surface area contributed by atoms with Gasteiger partial charge in [0.05, 0.1) is 32.6 Å². The molecule has 0 bridgehead atoms. The highest BCUT2D eigenvalue weighted by molar-refractivity contribution is 8.00. The molecule has 0 radical (unpaired) electrons. The first-order valence-corrected chi connectivity index (χ1v) is 11.7. The molecule has 1 amide bonds. The van der Waals surface area contributed by atoms with Crippen molar-refractivity contribution in [2.75, 3.05) is 32.4 Å². The normalized spacial score (nSPS) is 10.8. The van der Waals surface area contributed by atoms with Crippen molar-refractivity contribution >= 4 is 34.3 Å². The maximum Gasteiger partial charge on any atom is 0.234 e. The topological polar surface area (TPSA) is 74.6 Å². The maximum atomic E-state index is 12.7. The molecule has 0 unspecified atom stereocenters. The Kier molecular flexibility index (Phi) is 7.27. The molecule has 4 aromatic rings. The molecule has 0 aliphatic heterocycles. The van der Waals surface area contributed by atoms with Crippen molar-refractivity contribution in [3.8, 4) is 17.2 Å². The van der Waals surface area contributed by atoms with Crippen molar-refractivity contribution in [1.82, 2.24) is 9.55 Å². The van der Waals surface area contributed by atoms with Crippen molar-refractivity contribution < 1.29 is 19.0 Å². The van der Waals surface area contributed by atoms with E-state index in [-0.39, 0.29) is 11.7 Å². The molecule has 34 heavy (non-hydrogen) atoms. The van der Waals surface area contributed by atoms with Crippen LogP contribution in [0, 0.1) is 6.92 Å². The summed E-state index contributed by atoms with van der Waals surface area (Å²) < 4.78 is 18.2. The van der Waals surface area contributed by atoms with Gasteiger partial charge in [0.15, 0.2) is 11.5 Å². The van der Waals surface area contributed by atoms with Crippen LogP contribution in [0.4, 0.5) is 5.69 Å². The molecule has 8 heteroatoms. The maximum absolute atomic E-state index is 12.7. The third-order valence-corrected chi connectivity index (χ3v) is 6.39. The lowest BCUT2D eigenvalue weighted by molar-refractivity contribution is -0.113. The summed E-state index contributed by atoms with van der Waals surface area (Å²) in [6.45, 7) is 2.88. The quantitative estimate of drug-likeness (QED) is 0.336. The predicted octanol–water partition coefficient (Wildman–Crippen LogP) is 5.15. The summed E-state index contributed by atoms with van der Waals surface area (Å²) >= 11 is 1.40. The van der Waals surface area contributed by atoms with Crippen LogP contribution in [0.5, 0.6) is 17.2 Å². The Hall–Kier alpha value is -3.65. The first-order chi connectivity index (χ1) is 16.5. The number of carbonyl (C=O) groups excluding carboxylic acids is 1. The monoisotopic (exact) mass is 477 g/mol. The summed E-state index contributed by atoms with van der Waals surface area (Å²) in [7, 11) is 4.61. The highest BCUT2D eigenvalue weighted by atomic mass is 32.2. The number of hydrogen-bond donors (Lipinski definition) is 1. The number of anilines is 1. The molecular weight excluding hydrogens is 450 g/mol. The van der Waals surface area contributed by atoms with Crippen LogP contribution in [0.1, 0.15) is 11.1 Å². The number of ether oxygens (including phenoxy) is 3. The van der Waals surface area contributed by atoms with Crippen LogP contribution in [-0.4, -0.2) is 42.5 Å². The van der Waals surface area contributed by atoms with Crippen molar-refractivity contribution in [2.24, 2.45) is 0 Å². The second-order valence-electron chi connectivity index (χ2n) is 7.73. The van der Waals surface area contributed by atoms with Gasteiger partial charge in [-0.05, 0) is 24.6 Å². The third kappa shape index (κ3) is 5.12. The van der Waals surface area contributed by atoms with E-state index in [4.69, 9.17) is 14.2 Å². The molecule has 1 N–H and O–H groups in total. The van der Waals surface area contributed by atoms with Gasteiger partial charge in [-0.3, -0.25) is 4.79 Å². The minimum absolute atomic E-state index is 0.155. The van der Waals surface area contributed by atoms with Crippen LogP contribution >= 0.6 is 11.8 Å². The highest BCUT2D eigenvalue weighted by Gasteiger charge is 2.15. The largest absolute Gasteiger partial charge is 0.493 e. The number of hydrogen-bond acceptors (Lipinski definition) is 6. The Morgan fingerprint density at radius 2 is 1.79 bits per heavy atom. The number of aromatic nitrogens is 2. The van der Waals surface area contributed by atoms with E-state index in [1.807, 2.05) is 6.07 Å². The molecule has 0 aliphatic rings. The second kappa shape index (κ2) is 10.5. The fraction of sp³-hybridized carbons (Fsp3) is 0.231. The van der Waals surface area contributed by atoms with E-state index >= 15 is 0 Å². The van der Waals surface area contributed by atoms with Crippen molar-refractivity contribution in [3.63, 3.8) is 0 Å². The van der Waals surface area contributed by atoms with E-state index in [1.165, 1.54) is 44.2 Å². The molecule has 4 rings (SSSR count). The zero-order valence-corrected chi connectivity index (χ0v) is 20.4. The van der Waals surface area contributed by atoms with Gasteiger partial charge in [0.1, 0.15) is 5.03 Å². The van der Waals surface area contributed by atoms with Gasteiger partial charge < -0.3 is 24.1 Å². The van der Waals surface area contributed by atoms with Crippen molar-refractivity contribution in [3.05, 3.63) is 72.1 Å². The Morgan fingerprint density at radius 1 is 1.03 bits per heavy atom. The molecule has 2 aromatic carbocycles. The molecule has 0 atom stereocenters. The number of benzene rings is 2. The number of fused-ring (bicyclic) bond motifs is 1. The summed E-state index contributed by atoms with van der Waals surface area (Å²) in [5.41, 5.74) is 4.14. The van der Waals surface area contributed by atoms with Gasteiger partial charge in [0.25, 0.3) is 0 Å². The number of rotatable bonds is 9. The van der Waals surface area contributed by atoms with Crippen LogP contribution in [0.2, 0.25) is 0 Å². The van der Waals surface area contributed by atoms with Crippen LogP contribution in [0.3, 0.4) is 0 Å². The minimum Gasteiger partial charge on any atom is -0.493 e. The van der Waals surface area contributed by atoms with Crippen LogP contribution in [0.15, 0.2) is 66.0 Å². The molecule has 2 heterocycles. The SMILES string of the molecule is COc1cc(NC(=O)CSc2nccc3c2ccn3Cc2cccc(C)c2)cc(OC)c1OC. The number of amides is 1. The van der Waals surface area contributed by atoms with E-state index in [0.717, 1.165) is 22.5 Å². The first kappa shape index (κ1) is 23.5. The van der Waals surface area contributed by atoms with Crippen LogP contribution in [0.25, 0.3) is 10.9 Å². The van der Waals surface area contributed by atoms with Gasteiger partial charge in [0.2, 0.25) is 11.7 Å². The minimum atomic E-state index is -0.155. The van der Waals surface area contributed by atoms with Crippen LogP contribution < -0.4 is 19.5 Å². The van der Waals surface area contributed by atoms with Gasteiger partial charge in [0, 0.05) is 42.1 Å². The third-order valence-electron chi connectivity index (χ3n) is 5.39.